The van der Waals surface area contributed by atoms with Gasteiger partial charge in [0.15, 0.2) is 0 Å². The van der Waals surface area contributed by atoms with Crippen LogP contribution in [0.25, 0.3) is 0 Å². The van der Waals surface area contributed by atoms with E-state index in [0.717, 1.165) is 0 Å². The third kappa shape index (κ3) is 4.83. The van der Waals surface area contributed by atoms with Crippen molar-refractivity contribution in [2.75, 3.05) is 0 Å². The molecule has 0 aliphatic heterocycles. The summed E-state index contributed by atoms with van der Waals surface area (Å²) in [7, 11) is 6.92. The first kappa shape index (κ1) is 14.8. The van der Waals surface area contributed by atoms with Gasteiger partial charge in [-0.1, -0.05) is 0 Å². The minimum atomic E-state index is -1.56. The summed E-state index contributed by atoms with van der Waals surface area (Å²) < 4.78 is 3.37. The van der Waals surface area contributed by atoms with E-state index in [4.69, 9.17) is 9.58 Å². The molecule has 0 atom stereocenters. The number of hydrogen-bond donors (Lipinski definition) is 0. The maximum absolute atomic E-state index is 6.92. The first-order valence-electron chi connectivity index (χ1n) is 7.56. The van der Waals surface area contributed by atoms with Crippen molar-refractivity contribution in [1.29, 1.82) is 0 Å². The molecule has 0 aromatic rings. The third-order valence-corrected chi connectivity index (χ3v) is 11.3. The molecule has 0 radical (unpaired) electrons. The molecule has 0 saturated carbocycles. The molecule has 0 N–H and O–H groups in total. The van der Waals surface area contributed by atoms with Gasteiger partial charge in [-0.2, -0.15) is 0 Å². The molecule has 0 unspecified atom stereocenters. The summed E-state index contributed by atoms with van der Waals surface area (Å²) in [5.41, 5.74) is 0. The average Bonchev–Trinajstić information content (AvgIpc) is 2.27. The summed E-state index contributed by atoms with van der Waals surface area (Å²) >= 11 is -1.56. The number of hydrogen-bond acceptors (Lipinski definition) is 0. The van der Waals surface area contributed by atoms with E-state index < -0.39 is 15.5 Å². The topological polar surface area (TPSA) is 0 Å². The quantitative estimate of drug-likeness (QED) is 0.472. The fraction of sp³-hybridized carbons (Fsp3) is 0.750. The second-order valence-electron chi connectivity index (χ2n) is 5.36. The first-order chi connectivity index (χ1) is 8.88. The van der Waals surface area contributed by atoms with Crippen molar-refractivity contribution in [3.8, 4) is 0 Å². The molecule has 2 rings (SSSR count). The van der Waals surface area contributed by atoms with Gasteiger partial charge in [0.1, 0.15) is 0 Å². The number of allylic oxidation sites excluding steroid dienone is 4. The Morgan fingerprint density at radius 1 is 0.667 bits per heavy atom. The minimum absolute atomic E-state index is 1.28. The Morgan fingerprint density at radius 3 is 1.61 bits per heavy atom. The van der Waals surface area contributed by atoms with Crippen LogP contribution in [0.4, 0.5) is 0 Å². The second kappa shape index (κ2) is 8.56. The van der Waals surface area contributed by atoms with Crippen LogP contribution in [0.2, 0.25) is 0 Å². The molecule has 0 heterocycles. The van der Waals surface area contributed by atoms with Gasteiger partial charge in [0.2, 0.25) is 0 Å². The Hall–Kier alpha value is 0.419. The van der Waals surface area contributed by atoms with Gasteiger partial charge < -0.3 is 0 Å². The van der Waals surface area contributed by atoms with Crippen molar-refractivity contribution < 1.29 is 15.5 Å². The Kier molecular flexibility index (Phi) is 7.05. The molecule has 2 aliphatic carbocycles. The molecular weight excluding hydrogens is 420 g/mol. The molecule has 2 aliphatic rings. The van der Waals surface area contributed by atoms with Crippen LogP contribution in [0.15, 0.2) is 20.3 Å². The zero-order valence-corrected chi connectivity index (χ0v) is 14.5. The fourth-order valence-corrected chi connectivity index (χ4v) is 8.99. The van der Waals surface area contributed by atoms with E-state index in [9.17, 15) is 0 Å². The van der Waals surface area contributed by atoms with Gasteiger partial charge in [0.05, 0.1) is 0 Å². The van der Waals surface area contributed by atoms with E-state index in [1.807, 2.05) is 0 Å². The van der Waals surface area contributed by atoms with Crippen LogP contribution in [0, 0.1) is 0 Å². The van der Waals surface area contributed by atoms with Crippen molar-refractivity contribution in [2.45, 2.75) is 77.0 Å². The SMILES string of the molecule is [Cl][Ir]([C]1=CCCCCCC1)[C]1=CCCCCCC1. The van der Waals surface area contributed by atoms with Crippen LogP contribution < -0.4 is 0 Å². The van der Waals surface area contributed by atoms with Gasteiger partial charge in [-0.15, -0.1) is 0 Å². The summed E-state index contributed by atoms with van der Waals surface area (Å²) in [6.45, 7) is 0. The van der Waals surface area contributed by atoms with Gasteiger partial charge in [-0.05, 0) is 0 Å². The van der Waals surface area contributed by atoms with Crippen LogP contribution in [-0.2, 0) is 15.5 Å². The summed E-state index contributed by atoms with van der Waals surface area (Å²) in [5.74, 6) is 0. The fourth-order valence-electron chi connectivity index (χ4n) is 2.68. The Labute approximate surface area is 122 Å². The van der Waals surface area contributed by atoms with E-state index in [0.29, 0.717) is 0 Å². The molecule has 0 aromatic carbocycles. The van der Waals surface area contributed by atoms with Crippen LogP contribution in [-0.4, -0.2) is 0 Å². The molecule has 0 nitrogen and oxygen atoms in total. The normalized spacial score (nSPS) is 23.9. The molecular formula is C16H26ClIr. The van der Waals surface area contributed by atoms with Crippen LogP contribution in [0.1, 0.15) is 77.0 Å². The Balaban J connectivity index is 2.00. The first-order valence-corrected chi connectivity index (χ1v) is 12.9. The van der Waals surface area contributed by atoms with E-state index in [1.54, 1.807) is 8.17 Å². The molecule has 0 amide bonds. The van der Waals surface area contributed by atoms with Crippen molar-refractivity contribution >= 4 is 9.58 Å². The molecule has 18 heavy (non-hydrogen) atoms. The molecule has 0 bridgehead atoms. The monoisotopic (exact) mass is 446 g/mol. The molecule has 106 valence electrons. The Morgan fingerprint density at radius 2 is 1.11 bits per heavy atom. The summed E-state index contributed by atoms with van der Waals surface area (Å²) in [4.78, 5) is 0. The zero-order chi connectivity index (χ0) is 12.6. The standard InChI is InChI=1S/2C8H13.ClH.Ir/c2*1-2-4-6-8-7-5-3-1;;/h2*1H,2,4-8H2;1H;/q;;;+1/p-1. The molecule has 0 aromatic heterocycles. The van der Waals surface area contributed by atoms with Crippen molar-refractivity contribution in [1.82, 2.24) is 0 Å². The predicted octanol–water partition coefficient (Wildman–Crippen LogP) is 6.23. The van der Waals surface area contributed by atoms with Gasteiger partial charge in [0.25, 0.3) is 0 Å². The van der Waals surface area contributed by atoms with E-state index in [-0.39, 0.29) is 0 Å². The average molecular weight is 446 g/mol. The van der Waals surface area contributed by atoms with Crippen LogP contribution in [0.5, 0.6) is 0 Å². The third-order valence-electron chi connectivity index (χ3n) is 3.81. The van der Waals surface area contributed by atoms with Crippen LogP contribution in [0.3, 0.4) is 0 Å². The zero-order valence-electron chi connectivity index (χ0n) is 11.4. The van der Waals surface area contributed by atoms with Crippen molar-refractivity contribution in [2.24, 2.45) is 0 Å². The molecule has 0 saturated heterocycles. The van der Waals surface area contributed by atoms with Crippen LogP contribution >= 0.6 is 9.58 Å². The summed E-state index contributed by atoms with van der Waals surface area (Å²) in [6, 6.07) is 0. The van der Waals surface area contributed by atoms with E-state index >= 15 is 0 Å². The van der Waals surface area contributed by atoms with Crippen molar-refractivity contribution in [3.05, 3.63) is 20.3 Å². The Bertz CT molecular complexity index is 276. The molecule has 0 spiro atoms. The van der Waals surface area contributed by atoms with Gasteiger partial charge in [-0.25, -0.2) is 0 Å². The van der Waals surface area contributed by atoms with E-state index in [1.165, 1.54) is 77.0 Å². The van der Waals surface area contributed by atoms with E-state index in [2.05, 4.69) is 12.2 Å². The second-order valence-corrected chi connectivity index (χ2v) is 12.0. The van der Waals surface area contributed by atoms with Crippen molar-refractivity contribution in [3.63, 3.8) is 0 Å². The summed E-state index contributed by atoms with van der Waals surface area (Å²) in [6.07, 6.45) is 21.4. The van der Waals surface area contributed by atoms with Gasteiger partial charge in [0, 0.05) is 0 Å². The molecule has 2 heteroatoms. The summed E-state index contributed by atoms with van der Waals surface area (Å²) in [5, 5.41) is 0. The predicted molar refractivity (Wildman–Crippen MR) is 77.4 cm³/mol. The number of halogens is 1. The number of rotatable bonds is 2. The maximum atomic E-state index is 6.92. The van der Waals surface area contributed by atoms with Gasteiger partial charge >= 0.3 is 122 Å². The van der Waals surface area contributed by atoms with Gasteiger partial charge in [-0.3, -0.25) is 0 Å². The molecule has 0 fully saturated rings.